The van der Waals surface area contributed by atoms with Crippen LogP contribution in [0.15, 0.2) is 82.4 Å². The van der Waals surface area contributed by atoms with Gasteiger partial charge in [0, 0.05) is 14.1 Å². The maximum Gasteiger partial charge on any atom is 0.331 e. The third kappa shape index (κ3) is 2.94. The Morgan fingerprint density at radius 3 is 2.36 bits per heavy atom. The highest BCUT2D eigenvalue weighted by atomic mass is 16.5. The van der Waals surface area contributed by atoms with E-state index < -0.39 is 11.7 Å². The predicted molar refractivity (Wildman–Crippen MR) is 139 cm³/mol. The number of rotatable bonds is 3. The highest BCUT2D eigenvalue weighted by Crippen LogP contribution is 2.46. The molecule has 0 radical (unpaired) electrons. The summed E-state index contributed by atoms with van der Waals surface area (Å²) in [6, 6.07) is 22.3. The van der Waals surface area contributed by atoms with E-state index in [0.29, 0.717) is 22.3 Å². The number of fused-ring (bicyclic) bond motifs is 5. The van der Waals surface area contributed by atoms with E-state index in [1.165, 1.54) is 18.7 Å². The molecule has 5 aromatic rings. The second kappa shape index (κ2) is 7.91. The van der Waals surface area contributed by atoms with E-state index in [2.05, 4.69) is 9.88 Å². The number of hydrogen-bond acceptors (Lipinski definition) is 5. The monoisotopic (exact) mass is 480 g/mol. The first-order valence-corrected chi connectivity index (χ1v) is 11.5. The molecule has 0 bridgehead atoms. The van der Waals surface area contributed by atoms with Gasteiger partial charge in [-0.3, -0.25) is 13.9 Å². The molecule has 0 saturated heterocycles. The molecule has 0 fully saturated rings. The molecule has 8 heteroatoms. The van der Waals surface area contributed by atoms with Gasteiger partial charge in [-0.25, -0.2) is 4.79 Å². The van der Waals surface area contributed by atoms with Gasteiger partial charge in [0.15, 0.2) is 11.5 Å². The summed E-state index contributed by atoms with van der Waals surface area (Å²) in [6.07, 6.45) is 0. The second-order valence-electron chi connectivity index (χ2n) is 8.89. The van der Waals surface area contributed by atoms with Crippen molar-refractivity contribution in [3.63, 3.8) is 0 Å². The van der Waals surface area contributed by atoms with Crippen molar-refractivity contribution in [2.75, 3.05) is 12.4 Å². The largest absolute Gasteiger partial charge is 0.504 e. The van der Waals surface area contributed by atoms with Crippen molar-refractivity contribution < 1.29 is 9.84 Å². The van der Waals surface area contributed by atoms with Crippen molar-refractivity contribution in [1.29, 1.82) is 0 Å². The minimum absolute atomic E-state index is 0.00570. The maximum atomic E-state index is 13.7. The summed E-state index contributed by atoms with van der Waals surface area (Å²) in [5, 5.41) is 14.6. The number of methoxy groups -OCH3 is 1. The smallest absolute Gasteiger partial charge is 0.331 e. The van der Waals surface area contributed by atoms with Crippen LogP contribution in [0.2, 0.25) is 0 Å². The zero-order valence-corrected chi connectivity index (χ0v) is 20.0. The van der Waals surface area contributed by atoms with Crippen molar-refractivity contribution in [1.82, 2.24) is 13.7 Å². The van der Waals surface area contributed by atoms with Crippen LogP contribution in [-0.2, 0) is 14.1 Å². The Morgan fingerprint density at radius 1 is 0.917 bits per heavy atom. The van der Waals surface area contributed by atoms with E-state index in [1.807, 2.05) is 60.7 Å². The number of nitrogens with zero attached hydrogens (tertiary/aromatic N) is 3. The molecule has 36 heavy (non-hydrogen) atoms. The van der Waals surface area contributed by atoms with Gasteiger partial charge in [-0.05, 0) is 35.4 Å². The minimum atomic E-state index is -0.464. The lowest BCUT2D eigenvalue weighted by atomic mass is 9.99. The number of para-hydroxylation sites is 2. The fraction of sp³-hybridized carbons (Fsp3) is 0.143. The number of aryl methyl sites for hydroxylation is 1. The molecule has 2 aromatic heterocycles. The highest BCUT2D eigenvalue weighted by Gasteiger charge is 2.34. The van der Waals surface area contributed by atoms with Crippen LogP contribution < -0.4 is 21.3 Å². The molecule has 8 nitrogen and oxygen atoms in total. The molecule has 0 aliphatic carbocycles. The number of hydrogen-bond donors (Lipinski definition) is 2. The van der Waals surface area contributed by atoms with Crippen molar-refractivity contribution in [3.8, 4) is 28.4 Å². The topological polar surface area (TPSA) is 90.4 Å². The normalized spacial score (nSPS) is 14.2. The molecule has 180 valence electrons. The molecule has 6 rings (SSSR count). The Bertz CT molecular complexity index is 1780. The average molecular weight is 481 g/mol. The fourth-order valence-corrected chi connectivity index (χ4v) is 5.22. The quantitative estimate of drug-likeness (QED) is 0.409. The average Bonchev–Trinajstić information content (AvgIpc) is 3.27. The summed E-state index contributed by atoms with van der Waals surface area (Å²) in [5.41, 5.74) is 4.59. The summed E-state index contributed by atoms with van der Waals surface area (Å²) in [5.74, 6) is 0.368. The zero-order chi connectivity index (χ0) is 25.1. The number of anilines is 1. The van der Waals surface area contributed by atoms with Gasteiger partial charge >= 0.3 is 5.69 Å². The van der Waals surface area contributed by atoms with Crippen LogP contribution in [0.3, 0.4) is 0 Å². The first-order valence-electron chi connectivity index (χ1n) is 11.5. The lowest BCUT2D eigenvalue weighted by Gasteiger charge is -2.31. The fourth-order valence-electron chi connectivity index (χ4n) is 5.22. The Kier molecular flexibility index (Phi) is 4.79. The maximum absolute atomic E-state index is 13.7. The molecule has 2 N–H and O–H groups in total. The van der Waals surface area contributed by atoms with Gasteiger partial charge in [0.1, 0.15) is 0 Å². The molecule has 1 unspecified atom stereocenters. The second-order valence-corrected chi connectivity index (χ2v) is 8.89. The predicted octanol–water partition coefficient (Wildman–Crippen LogP) is 3.92. The third-order valence-corrected chi connectivity index (χ3v) is 6.91. The van der Waals surface area contributed by atoms with E-state index in [1.54, 1.807) is 19.2 Å². The summed E-state index contributed by atoms with van der Waals surface area (Å²) in [7, 11) is 4.68. The molecule has 1 aliphatic heterocycles. The Labute approximate surface area is 206 Å². The van der Waals surface area contributed by atoms with E-state index in [-0.39, 0.29) is 11.3 Å². The molecule has 0 amide bonds. The molecule has 1 aliphatic rings. The van der Waals surface area contributed by atoms with Crippen LogP contribution in [0.4, 0.5) is 5.69 Å². The van der Waals surface area contributed by atoms with Crippen LogP contribution in [0.5, 0.6) is 11.5 Å². The van der Waals surface area contributed by atoms with E-state index in [0.717, 1.165) is 32.8 Å². The number of nitrogens with one attached hydrogen (secondary N) is 1. The Hall–Kier alpha value is -4.72. The van der Waals surface area contributed by atoms with Crippen LogP contribution >= 0.6 is 0 Å². The lowest BCUT2D eigenvalue weighted by Crippen LogP contribution is -2.37. The summed E-state index contributed by atoms with van der Waals surface area (Å²) >= 11 is 0. The Balaban J connectivity index is 1.83. The standard InChI is InChI=1S/C28H24N4O4/c1-30-25-22(27(34)31(2)28(30)35)24(16-9-5-4-6-10-16)32-19-12-8-7-11-18(19)29-23(26(25)32)17-13-14-21(36-3)20(33)15-17/h4-15,23,29,33H,1-3H3. The van der Waals surface area contributed by atoms with Gasteiger partial charge in [-0.2, -0.15) is 0 Å². The van der Waals surface area contributed by atoms with Crippen molar-refractivity contribution >= 4 is 16.6 Å². The third-order valence-electron chi connectivity index (χ3n) is 6.91. The SMILES string of the molecule is COc1ccc(C2Nc3ccccc3-n3c(-c4ccccc4)c4c(=O)n(C)c(=O)n(C)c4c32)cc1O. The summed E-state index contributed by atoms with van der Waals surface area (Å²) in [4.78, 5) is 26.8. The lowest BCUT2D eigenvalue weighted by molar-refractivity contribution is 0.373. The summed E-state index contributed by atoms with van der Waals surface area (Å²) in [6.45, 7) is 0. The van der Waals surface area contributed by atoms with E-state index in [9.17, 15) is 14.7 Å². The zero-order valence-electron chi connectivity index (χ0n) is 20.0. The molecular formula is C28H24N4O4. The molecular weight excluding hydrogens is 456 g/mol. The number of benzene rings is 3. The van der Waals surface area contributed by atoms with Crippen LogP contribution in [0.1, 0.15) is 17.3 Å². The van der Waals surface area contributed by atoms with Crippen molar-refractivity contribution in [2.45, 2.75) is 6.04 Å². The van der Waals surface area contributed by atoms with Crippen LogP contribution in [-0.4, -0.2) is 25.9 Å². The number of phenolic OH excluding ortho intramolecular Hbond substituents is 1. The molecule has 0 saturated carbocycles. The van der Waals surface area contributed by atoms with E-state index in [4.69, 9.17) is 4.74 Å². The van der Waals surface area contributed by atoms with Gasteiger partial charge in [0.25, 0.3) is 5.56 Å². The molecule has 1 atom stereocenters. The van der Waals surface area contributed by atoms with Gasteiger partial charge in [-0.15, -0.1) is 0 Å². The summed E-state index contributed by atoms with van der Waals surface area (Å²) < 4.78 is 9.99. The number of aromatic hydroxyl groups is 1. The van der Waals surface area contributed by atoms with Crippen LogP contribution in [0.25, 0.3) is 27.8 Å². The van der Waals surface area contributed by atoms with Gasteiger partial charge in [0.2, 0.25) is 0 Å². The van der Waals surface area contributed by atoms with Crippen LogP contribution in [0, 0.1) is 0 Å². The number of ether oxygens (including phenoxy) is 1. The first kappa shape index (κ1) is 21.8. The van der Waals surface area contributed by atoms with Gasteiger partial charge < -0.3 is 19.7 Å². The first-order chi connectivity index (χ1) is 17.4. The Morgan fingerprint density at radius 2 is 1.64 bits per heavy atom. The highest BCUT2D eigenvalue weighted by molar-refractivity contribution is 5.99. The van der Waals surface area contributed by atoms with Gasteiger partial charge in [0.05, 0.1) is 46.8 Å². The van der Waals surface area contributed by atoms with E-state index >= 15 is 0 Å². The molecule has 3 heterocycles. The number of aromatic nitrogens is 3. The number of phenols is 1. The van der Waals surface area contributed by atoms with Gasteiger partial charge in [-0.1, -0.05) is 48.5 Å². The molecule has 0 spiro atoms. The molecule has 3 aromatic carbocycles. The minimum Gasteiger partial charge on any atom is -0.504 e. The van der Waals surface area contributed by atoms with Crippen molar-refractivity contribution in [3.05, 3.63) is 105 Å². The van der Waals surface area contributed by atoms with Crippen molar-refractivity contribution in [2.24, 2.45) is 14.1 Å².